The fourth-order valence-corrected chi connectivity index (χ4v) is 2.62. The summed E-state index contributed by atoms with van der Waals surface area (Å²) < 4.78 is 0. The van der Waals surface area contributed by atoms with Crippen LogP contribution in [0.15, 0.2) is 36.5 Å². The normalized spacial score (nSPS) is 12.4. The van der Waals surface area contributed by atoms with E-state index in [1.807, 2.05) is 18.2 Å². The van der Waals surface area contributed by atoms with Crippen LogP contribution in [0.5, 0.6) is 0 Å². The van der Waals surface area contributed by atoms with Crippen LogP contribution in [0.2, 0.25) is 10.0 Å². The Morgan fingerprint density at radius 3 is 2.65 bits per heavy atom. The molecule has 1 heterocycles. The molecule has 0 radical (unpaired) electrons. The number of benzene rings is 1. The smallest absolute Gasteiger partial charge is 0.0675 e. The van der Waals surface area contributed by atoms with Gasteiger partial charge in [-0.2, -0.15) is 0 Å². The first-order valence-corrected chi connectivity index (χ1v) is 7.25. The third kappa shape index (κ3) is 3.30. The van der Waals surface area contributed by atoms with Crippen molar-refractivity contribution in [3.8, 4) is 0 Å². The number of halogens is 2. The average Bonchev–Trinajstić information content (AvgIpc) is 2.49. The van der Waals surface area contributed by atoms with Gasteiger partial charge in [0.25, 0.3) is 0 Å². The molecule has 0 bridgehead atoms. The predicted octanol–water partition coefficient (Wildman–Crippen LogP) is 3.70. The minimum absolute atomic E-state index is 0.0953. The molecule has 0 fully saturated rings. The van der Waals surface area contributed by atoms with E-state index in [-0.39, 0.29) is 6.04 Å². The number of aryl methyl sites for hydroxylation is 1. The van der Waals surface area contributed by atoms with Crippen molar-refractivity contribution < 1.29 is 0 Å². The van der Waals surface area contributed by atoms with Crippen molar-refractivity contribution in [1.29, 1.82) is 0 Å². The SMILES string of the molecule is CCc1cccnc1C(Cc1cccc(Cl)c1Cl)NN. The van der Waals surface area contributed by atoms with Crippen LogP contribution in [0.25, 0.3) is 0 Å². The second-order valence-electron chi connectivity index (χ2n) is 4.54. The zero-order chi connectivity index (χ0) is 14.5. The summed E-state index contributed by atoms with van der Waals surface area (Å²) in [6.07, 6.45) is 3.32. The van der Waals surface area contributed by atoms with E-state index in [0.29, 0.717) is 16.5 Å². The van der Waals surface area contributed by atoms with Crippen LogP contribution >= 0.6 is 23.2 Å². The molecule has 0 saturated carbocycles. The summed E-state index contributed by atoms with van der Waals surface area (Å²) in [4.78, 5) is 4.45. The number of pyridine rings is 1. The standard InChI is InChI=1S/C15H17Cl2N3/c1-2-10-6-4-8-19-15(10)13(20-18)9-11-5-3-7-12(16)14(11)17/h3-8,13,20H,2,9,18H2,1H3. The molecule has 0 aliphatic heterocycles. The van der Waals surface area contributed by atoms with Crippen molar-refractivity contribution in [2.24, 2.45) is 5.84 Å². The van der Waals surface area contributed by atoms with E-state index >= 15 is 0 Å². The Kier molecular flexibility index (Phi) is 5.38. The van der Waals surface area contributed by atoms with Crippen molar-refractivity contribution in [2.45, 2.75) is 25.8 Å². The molecule has 106 valence electrons. The third-order valence-electron chi connectivity index (χ3n) is 3.29. The Morgan fingerprint density at radius 2 is 1.95 bits per heavy atom. The number of hydrogen-bond acceptors (Lipinski definition) is 3. The molecule has 2 rings (SSSR count). The van der Waals surface area contributed by atoms with Crippen molar-refractivity contribution >= 4 is 23.2 Å². The van der Waals surface area contributed by atoms with Gasteiger partial charge in [-0.3, -0.25) is 16.3 Å². The van der Waals surface area contributed by atoms with Crippen molar-refractivity contribution in [3.63, 3.8) is 0 Å². The molecular weight excluding hydrogens is 293 g/mol. The number of nitrogens with two attached hydrogens (primary N) is 1. The summed E-state index contributed by atoms with van der Waals surface area (Å²) in [5.74, 6) is 5.70. The van der Waals surface area contributed by atoms with Gasteiger partial charge in [0.05, 0.1) is 21.8 Å². The molecule has 0 aliphatic rings. The molecule has 3 nitrogen and oxygen atoms in total. The quantitative estimate of drug-likeness (QED) is 0.654. The van der Waals surface area contributed by atoms with E-state index in [1.165, 1.54) is 5.56 Å². The predicted molar refractivity (Wildman–Crippen MR) is 83.8 cm³/mol. The lowest BCUT2D eigenvalue weighted by atomic mass is 9.99. The number of nitrogens with zero attached hydrogens (tertiary/aromatic N) is 1. The number of hydrazine groups is 1. The highest BCUT2D eigenvalue weighted by molar-refractivity contribution is 6.42. The van der Waals surface area contributed by atoms with Crippen LogP contribution in [0.1, 0.15) is 29.8 Å². The first-order chi connectivity index (χ1) is 9.67. The largest absolute Gasteiger partial charge is 0.271 e. The molecule has 2 aromatic rings. The van der Waals surface area contributed by atoms with Gasteiger partial charge in [0.1, 0.15) is 0 Å². The van der Waals surface area contributed by atoms with Crippen molar-refractivity contribution in [1.82, 2.24) is 10.4 Å². The van der Waals surface area contributed by atoms with Gasteiger partial charge in [-0.05, 0) is 36.1 Å². The number of hydrogen-bond donors (Lipinski definition) is 2. The van der Waals surface area contributed by atoms with E-state index in [1.54, 1.807) is 12.3 Å². The van der Waals surface area contributed by atoms with Crippen LogP contribution in [0, 0.1) is 0 Å². The molecule has 3 N–H and O–H groups in total. The monoisotopic (exact) mass is 309 g/mol. The first-order valence-electron chi connectivity index (χ1n) is 6.50. The van der Waals surface area contributed by atoms with Crippen LogP contribution in [-0.4, -0.2) is 4.98 Å². The zero-order valence-corrected chi connectivity index (χ0v) is 12.7. The van der Waals surface area contributed by atoms with Gasteiger partial charge in [-0.15, -0.1) is 0 Å². The summed E-state index contributed by atoms with van der Waals surface area (Å²) in [7, 11) is 0. The van der Waals surface area contributed by atoms with Crippen LogP contribution in [0.4, 0.5) is 0 Å². The highest BCUT2D eigenvalue weighted by Crippen LogP contribution is 2.29. The molecule has 0 saturated heterocycles. The fourth-order valence-electron chi connectivity index (χ4n) is 2.22. The van der Waals surface area contributed by atoms with E-state index in [9.17, 15) is 0 Å². The number of aromatic nitrogens is 1. The Hall–Kier alpha value is -1.13. The molecule has 0 aliphatic carbocycles. The summed E-state index contributed by atoms with van der Waals surface area (Å²) in [5.41, 5.74) is 5.90. The average molecular weight is 310 g/mol. The molecule has 20 heavy (non-hydrogen) atoms. The fraction of sp³-hybridized carbons (Fsp3) is 0.267. The maximum absolute atomic E-state index is 6.23. The molecular formula is C15H17Cl2N3. The second-order valence-corrected chi connectivity index (χ2v) is 5.32. The Bertz CT molecular complexity index is 587. The molecule has 1 atom stereocenters. The summed E-state index contributed by atoms with van der Waals surface area (Å²) in [6, 6.07) is 9.51. The Morgan fingerprint density at radius 1 is 1.20 bits per heavy atom. The molecule has 5 heteroatoms. The summed E-state index contributed by atoms with van der Waals surface area (Å²) >= 11 is 12.3. The van der Waals surface area contributed by atoms with Crippen molar-refractivity contribution in [2.75, 3.05) is 0 Å². The van der Waals surface area contributed by atoms with Crippen molar-refractivity contribution in [3.05, 3.63) is 63.4 Å². The van der Waals surface area contributed by atoms with Gasteiger partial charge in [-0.25, -0.2) is 0 Å². The number of rotatable bonds is 5. The maximum atomic E-state index is 6.23. The summed E-state index contributed by atoms with van der Waals surface area (Å²) in [5, 5.41) is 1.13. The Balaban J connectivity index is 2.31. The summed E-state index contributed by atoms with van der Waals surface area (Å²) in [6.45, 7) is 2.10. The van der Waals surface area contributed by atoms with E-state index in [4.69, 9.17) is 29.0 Å². The minimum atomic E-state index is -0.0953. The topological polar surface area (TPSA) is 50.9 Å². The second kappa shape index (κ2) is 7.04. The molecule has 0 spiro atoms. The van der Waals surface area contributed by atoms with E-state index < -0.39 is 0 Å². The molecule has 1 aromatic heterocycles. The first kappa shape index (κ1) is 15.3. The highest BCUT2D eigenvalue weighted by Gasteiger charge is 2.17. The highest BCUT2D eigenvalue weighted by atomic mass is 35.5. The van der Waals surface area contributed by atoms with Gasteiger partial charge in [0, 0.05) is 6.20 Å². The maximum Gasteiger partial charge on any atom is 0.0675 e. The molecule has 1 aromatic carbocycles. The van der Waals surface area contributed by atoms with Gasteiger partial charge in [-0.1, -0.05) is 48.3 Å². The third-order valence-corrected chi connectivity index (χ3v) is 4.15. The van der Waals surface area contributed by atoms with E-state index in [2.05, 4.69) is 23.4 Å². The van der Waals surface area contributed by atoms with Gasteiger partial charge in [0.15, 0.2) is 0 Å². The lowest BCUT2D eigenvalue weighted by Gasteiger charge is -2.19. The Labute approximate surface area is 129 Å². The van der Waals surface area contributed by atoms with E-state index in [0.717, 1.165) is 17.7 Å². The zero-order valence-electron chi connectivity index (χ0n) is 11.2. The molecule has 0 amide bonds. The minimum Gasteiger partial charge on any atom is -0.271 e. The van der Waals surface area contributed by atoms with Crippen LogP contribution in [0.3, 0.4) is 0 Å². The van der Waals surface area contributed by atoms with Crippen LogP contribution in [-0.2, 0) is 12.8 Å². The van der Waals surface area contributed by atoms with Gasteiger partial charge >= 0.3 is 0 Å². The molecule has 1 unspecified atom stereocenters. The van der Waals surface area contributed by atoms with Gasteiger partial charge in [0.2, 0.25) is 0 Å². The lowest BCUT2D eigenvalue weighted by molar-refractivity contribution is 0.533. The van der Waals surface area contributed by atoms with Gasteiger partial charge < -0.3 is 0 Å². The number of nitrogens with one attached hydrogen (secondary N) is 1. The van der Waals surface area contributed by atoms with Crippen LogP contribution < -0.4 is 11.3 Å². The lowest BCUT2D eigenvalue weighted by Crippen LogP contribution is -2.31.